The van der Waals surface area contributed by atoms with Gasteiger partial charge in [-0.2, -0.15) is 0 Å². The zero-order valence-electron chi connectivity index (χ0n) is 9.29. The van der Waals surface area contributed by atoms with Gasteiger partial charge in [0.2, 0.25) is 0 Å². The summed E-state index contributed by atoms with van der Waals surface area (Å²) in [7, 11) is 0. The van der Waals surface area contributed by atoms with Crippen LogP contribution in [0.25, 0.3) is 0 Å². The summed E-state index contributed by atoms with van der Waals surface area (Å²) in [6.45, 7) is 15.5. The van der Waals surface area contributed by atoms with Crippen molar-refractivity contribution < 1.29 is 0 Å². The Morgan fingerprint density at radius 3 is 2.47 bits per heavy atom. The molecule has 0 bridgehead atoms. The Labute approximate surface area is 91.8 Å². The molecule has 0 saturated carbocycles. The highest BCUT2D eigenvalue weighted by Crippen LogP contribution is 2.16. The maximum atomic E-state index is 4.48. The van der Waals surface area contributed by atoms with E-state index in [1.165, 1.54) is 0 Å². The van der Waals surface area contributed by atoms with Gasteiger partial charge in [0.05, 0.1) is 5.71 Å². The van der Waals surface area contributed by atoms with E-state index in [9.17, 15) is 0 Å². The third-order valence-corrected chi connectivity index (χ3v) is 2.42. The van der Waals surface area contributed by atoms with Crippen molar-refractivity contribution in [2.24, 2.45) is 10.9 Å². The van der Waals surface area contributed by atoms with E-state index >= 15 is 0 Å². The Hall–Kier alpha value is -1.41. The van der Waals surface area contributed by atoms with Gasteiger partial charge in [0.25, 0.3) is 0 Å². The highest BCUT2D eigenvalue weighted by Gasteiger charge is 2.19. The summed E-state index contributed by atoms with van der Waals surface area (Å²) in [6, 6.07) is 0. The molecule has 0 aromatic carbocycles. The predicted molar refractivity (Wildman–Crippen MR) is 67.1 cm³/mol. The second-order valence-corrected chi connectivity index (χ2v) is 3.57. The van der Waals surface area contributed by atoms with Crippen LogP contribution in [0.3, 0.4) is 0 Å². The maximum absolute atomic E-state index is 4.48. The minimum atomic E-state index is 0.475. The molecular formula is C13H18N2. The summed E-state index contributed by atoms with van der Waals surface area (Å²) in [5.41, 5.74) is 2.61. The predicted octanol–water partition coefficient (Wildman–Crippen LogP) is 2.48. The van der Waals surface area contributed by atoms with Crippen LogP contribution in [0.1, 0.15) is 6.92 Å². The first-order chi connectivity index (χ1) is 7.19. The molecule has 0 aromatic heterocycles. The summed E-state index contributed by atoms with van der Waals surface area (Å²) in [6.07, 6.45) is 5.59. The zero-order chi connectivity index (χ0) is 11.3. The van der Waals surface area contributed by atoms with Crippen molar-refractivity contribution in [3.63, 3.8) is 0 Å². The van der Waals surface area contributed by atoms with Crippen LogP contribution in [0, 0.1) is 5.92 Å². The molecule has 0 aromatic rings. The molecule has 80 valence electrons. The third-order valence-electron chi connectivity index (χ3n) is 2.42. The topological polar surface area (TPSA) is 24.4 Å². The molecule has 1 aliphatic heterocycles. The highest BCUT2D eigenvalue weighted by molar-refractivity contribution is 6.10. The summed E-state index contributed by atoms with van der Waals surface area (Å²) < 4.78 is 0. The molecule has 15 heavy (non-hydrogen) atoms. The van der Waals surface area contributed by atoms with Crippen LogP contribution in [0.5, 0.6) is 0 Å². The molecule has 2 nitrogen and oxygen atoms in total. The lowest BCUT2D eigenvalue weighted by molar-refractivity contribution is 0.398. The molecule has 1 fully saturated rings. The Bertz CT molecular complexity index is 330. The second-order valence-electron chi connectivity index (χ2n) is 3.57. The zero-order valence-corrected chi connectivity index (χ0v) is 9.29. The molecule has 0 amide bonds. The molecular weight excluding hydrogens is 184 g/mol. The first kappa shape index (κ1) is 11.7. The van der Waals surface area contributed by atoms with E-state index in [1.54, 1.807) is 6.08 Å². The first-order valence-corrected chi connectivity index (χ1v) is 5.11. The SMILES string of the molecule is C=CC(=C)C(/C=C\C)=NC(=C)C1CNC1. The molecule has 1 aliphatic rings. The van der Waals surface area contributed by atoms with Gasteiger partial charge < -0.3 is 5.32 Å². The van der Waals surface area contributed by atoms with Gasteiger partial charge in [-0.15, -0.1) is 0 Å². The van der Waals surface area contributed by atoms with Gasteiger partial charge in [-0.3, -0.25) is 4.99 Å². The Morgan fingerprint density at radius 1 is 1.40 bits per heavy atom. The highest BCUT2D eigenvalue weighted by atomic mass is 15.0. The van der Waals surface area contributed by atoms with Gasteiger partial charge in [-0.25, -0.2) is 0 Å². The van der Waals surface area contributed by atoms with Crippen LogP contribution < -0.4 is 5.32 Å². The van der Waals surface area contributed by atoms with E-state index in [4.69, 9.17) is 0 Å². The lowest BCUT2D eigenvalue weighted by Crippen LogP contribution is -2.42. The molecule has 1 saturated heterocycles. The van der Waals surface area contributed by atoms with Crippen LogP contribution in [0.4, 0.5) is 0 Å². The molecule has 0 radical (unpaired) electrons. The van der Waals surface area contributed by atoms with E-state index < -0.39 is 0 Å². The number of nitrogens with zero attached hydrogens (tertiary/aromatic N) is 1. The Kier molecular flexibility index (Phi) is 4.25. The average molecular weight is 202 g/mol. The Balaban J connectivity index is 2.77. The normalized spacial score (nSPS) is 17.5. The lowest BCUT2D eigenvalue weighted by atomic mass is 10.00. The maximum Gasteiger partial charge on any atom is 0.0695 e. The number of nitrogens with one attached hydrogen (secondary N) is 1. The summed E-state index contributed by atoms with van der Waals surface area (Å²) in [4.78, 5) is 4.48. The van der Waals surface area contributed by atoms with Gasteiger partial charge >= 0.3 is 0 Å². The summed E-state index contributed by atoms with van der Waals surface area (Å²) in [5.74, 6) is 0.475. The van der Waals surface area contributed by atoms with Crippen LogP contribution >= 0.6 is 0 Å². The number of rotatable bonds is 5. The number of hydrogen-bond acceptors (Lipinski definition) is 2. The largest absolute Gasteiger partial charge is 0.315 e. The van der Waals surface area contributed by atoms with Gasteiger partial charge in [-0.1, -0.05) is 31.9 Å². The van der Waals surface area contributed by atoms with E-state index in [1.807, 2.05) is 19.1 Å². The third kappa shape index (κ3) is 3.03. The minimum Gasteiger partial charge on any atom is -0.315 e. The van der Waals surface area contributed by atoms with Crippen LogP contribution in [0.15, 0.2) is 54.2 Å². The standard InChI is InChI=1S/C13H18N2/c1-5-7-13(10(3)6-2)15-11(4)12-8-14-9-12/h5-7,12,14H,2-4,8-9H2,1H3/b7-5-,15-13?. The lowest BCUT2D eigenvalue weighted by Gasteiger charge is -2.27. The molecule has 1 N–H and O–H groups in total. The van der Waals surface area contributed by atoms with Crippen LogP contribution in [-0.2, 0) is 0 Å². The monoisotopic (exact) mass is 202 g/mol. The molecule has 1 rings (SSSR count). The molecule has 0 unspecified atom stereocenters. The molecule has 0 spiro atoms. The van der Waals surface area contributed by atoms with Gasteiger partial charge in [0, 0.05) is 24.7 Å². The van der Waals surface area contributed by atoms with Crippen molar-refractivity contribution in [3.05, 3.63) is 49.2 Å². The van der Waals surface area contributed by atoms with Crippen molar-refractivity contribution in [3.8, 4) is 0 Å². The van der Waals surface area contributed by atoms with E-state index in [-0.39, 0.29) is 0 Å². The van der Waals surface area contributed by atoms with Crippen LogP contribution in [-0.4, -0.2) is 18.8 Å². The van der Waals surface area contributed by atoms with Crippen LogP contribution in [0.2, 0.25) is 0 Å². The fourth-order valence-corrected chi connectivity index (χ4v) is 1.25. The number of hydrogen-bond donors (Lipinski definition) is 1. The van der Waals surface area contributed by atoms with Crippen molar-refractivity contribution in [2.45, 2.75) is 6.92 Å². The first-order valence-electron chi connectivity index (χ1n) is 5.11. The Morgan fingerprint density at radius 2 is 2.07 bits per heavy atom. The van der Waals surface area contributed by atoms with Crippen molar-refractivity contribution in [2.75, 3.05) is 13.1 Å². The van der Waals surface area contributed by atoms with E-state index in [0.717, 1.165) is 30.1 Å². The molecule has 0 aliphatic carbocycles. The van der Waals surface area contributed by atoms with Gasteiger partial charge in [-0.05, 0) is 18.6 Å². The fourth-order valence-electron chi connectivity index (χ4n) is 1.25. The van der Waals surface area contributed by atoms with Crippen molar-refractivity contribution in [1.29, 1.82) is 0 Å². The van der Waals surface area contributed by atoms with Gasteiger partial charge in [0.1, 0.15) is 0 Å². The quantitative estimate of drug-likeness (QED) is 0.537. The van der Waals surface area contributed by atoms with E-state index in [2.05, 4.69) is 30.0 Å². The fraction of sp³-hybridized carbons (Fsp3) is 0.308. The summed E-state index contributed by atoms with van der Waals surface area (Å²) in [5, 5.41) is 3.20. The molecule has 0 atom stereocenters. The second kappa shape index (κ2) is 5.47. The van der Waals surface area contributed by atoms with Crippen molar-refractivity contribution >= 4 is 5.71 Å². The number of aliphatic imine (C=N–C) groups is 1. The molecule has 2 heteroatoms. The smallest absolute Gasteiger partial charge is 0.0695 e. The van der Waals surface area contributed by atoms with E-state index in [0.29, 0.717) is 5.92 Å². The number of allylic oxidation sites excluding steroid dienone is 4. The van der Waals surface area contributed by atoms with Gasteiger partial charge in [0.15, 0.2) is 0 Å². The summed E-state index contributed by atoms with van der Waals surface area (Å²) >= 11 is 0. The average Bonchev–Trinajstić information content (AvgIpc) is 2.13. The molecule has 1 heterocycles. The van der Waals surface area contributed by atoms with Crippen molar-refractivity contribution in [1.82, 2.24) is 5.32 Å². The minimum absolute atomic E-state index is 0.475.